The highest BCUT2D eigenvalue weighted by Gasteiger charge is 2.87. The molecule has 9 rings (SSSR count). The summed E-state index contributed by atoms with van der Waals surface area (Å²) in [5, 5.41) is 25.2. The Balaban J connectivity index is 1.07. The van der Waals surface area contributed by atoms with Crippen molar-refractivity contribution in [3.8, 4) is 0 Å². The third kappa shape index (κ3) is 3.61. The van der Waals surface area contributed by atoms with Gasteiger partial charge in [0.15, 0.2) is 11.9 Å². The lowest BCUT2D eigenvalue weighted by Gasteiger charge is -2.66. The van der Waals surface area contributed by atoms with Crippen LogP contribution in [0.25, 0.3) is 10.9 Å². The summed E-state index contributed by atoms with van der Waals surface area (Å²) in [6, 6.07) is 6.51. The van der Waals surface area contributed by atoms with E-state index in [9.17, 15) is 10.2 Å². The van der Waals surface area contributed by atoms with Crippen LogP contribution in [-0.2, 0) is 41.9 Å². The van der Waals surface area contributed by atoms with Gasteiger partial charge in [-0.15, -0.1) is 11.6 Å². The lowest BCUT2D eigenvalue weighted by Crippen LogP contribution is -2.77. The maximum atomic E-state index is 13.3. The lowest BCUT2D eigenvalue weighted by molar-refractivity contribution is -0.356. The molecule has 12 atom stereocenters. The molecule has 1 aromatic carbocycles. The van der Waals surface area contributed by atoms with Crippen LogP contribution in [0.3, 0.4) is 0 Å². The minimum absolute atomic E-state index is 0.140. The highest BCUT2D eigenvalue weighted by atomic mass is 35.5. The molecule has 3 N–H and O–H groups in total. The Bertz CT molecular complexity index is 1630. The Hall–Kier alpha value is -1.23. The van der Waals surface area contributed by atoms with E-state index in [-0.39, 0.29) is 41.5 Å². The van der Waals surface area contributed by atoms with Crippen LogP contribution in [0.2, 0.25) is 0 Å². The highest BCUT2D eigenvalue weighted by Crippen LogP contribution is 2.75. The minimum Gasteiger partial charge on any atom is -0.391 e. The van der Waals surface area contributed by atoms with Crippen molar-refractivity contribution in [2.45, 2.75) is 170 Å². The topological polar surface area (TPSA) is 109 Å². The van der Waals surface area contributed by atoms with Gasteiger partial charge in [0.05, 0.1) is 28.3 Å². The van der Waals surface area contributed by atoms with Crippen molar-refractivity contribution in [3.05, 3.63) is 35.0 Å². The molecule has 0 unspecified atom stereocenters. The normalized spacial score (nSPS) is 48.4. The molecule has 9 heteroatoms. The predicted molar refractivity (Wildman–Crippen MR) is 173 cm³/mol. The monoisotopic (exact) mass is 655 g/mol. The second-order valence-electron chi connectivity index (χ2n) is 17.7. The highest BCUT2D eigenvalue weighted by molar-refractivity contribution is 6.23. The number of fused-ring (bicyclic) bond motifs is 9. The van der Waals surface area contributed by atoms with E-state index in [1.807, 2.05) is 13.8 Å². The Labute approximate surface area is 276 Å². The fourth-order valence-corrected chi connectivity index (χ4v) is 11.2. The number of hydrogen-bond acceptors (Lipinski definition) is 7. The van der Waals surface area contributed by atoms with E-state index in [2.05, 4.69) is 64.7 Å². The van der Waals surface area contributed by atoms with Gasteiger partial charge in [-0.2, -0.15) is 0 Å². The first-order valence-corrected chi connectivity index (χ1v) is 17.8. The summed E-state index contributed by atoms with van der Waals surface area (Å²) < 4.78 is 32.9. The Morgan fingerprint density at radius 2 is 1.67 bits per heavy atom. The van der Waals surface area contributed by atoms with Crippen molar-refractivity contribution in [2.24, 2.45) is 11.3 Å². The molecule has 0 bridgehead atoms. The van der Waals surface area contributed by atoms with E-state index in [0.717, 1.165) is 36.8 Å². The molecule has 46 heavy (non-hydrogen) atoms. The van der Waals surface area contributed by atoms with Gasteiger partial charge in [0, 0.05) is 33.8 Å². The first-order valence-electron chi connectivity index (χ1n) is 17.5. The summed E-state index contributed by atoms with van der Waals surface area (Å²) in [5.74, 6) is 0.418. The van der Waals surface area contributed by atoms with Crippen LogP contribution in [0.5, 0.6) is 0 Å². The van der Waals surface area contributed by atoms with Crippen LogP contribution in [0, 0.1) is 11.3 Å². The summed E-state index contributed by atoms with van der Waals surface area (Å²) in [6.45, 7) is 16.7. The summed E-state index contributed by atoms with van der Waals surface area (Å²) in [5.41, 5.74) is 1.23. The Morgan fingerprint density at radius 1 is 0.957 bits per heavy atom. The number of epoxide rings is 2. The number of H-pyrrole nitrogens is 1. The summed E-state index contributed by atoms with van der Waals surface area (Å²) >= 11 is 6.43. The van der Waals surface area contributed by atoms with Gasteiger partial charge in [-0.05, 0) is 96.8 Å². The fourth-order valence-electron chi connectivity index (χ4n) is 11.1. The number of aliphatic hydroxyl groups excluding tert-OH is 1. The molecule has 2 saturated carbocycles. The third-order valence-corrected chi connectivity index (χ3v) is 14.5. The molecule has 5 heterocycles. The zero-order valence-electron chi connectivity index (χ0n) is 28.4. The number of halogens is 1. The van der Waals surface area contributed by atoms with E-state index in [1.54, 1.807) is 0 Å². The van der Waals surface area contributed by atoms with Gasteiger partial charge in [0.2, 0.25) is 0 Å². The number of aliphatic hydroxyl groups is 2. The molecule has 1 spiro atoms. The average molecular weight is 656 g/mol. The van der Waals surface area contributed by atoms with Crippen molar-refractivity contribution in [2.75, 3.05) is 0 Å². The molecule has 6 fully saturated rings. The molecule has 0 amide bonds. The van der Waals surface area contributed by atoms with Crippen LogP contribution in [0.1, 0.15) is 97.9 Å². The van der Waals surface area contributed by atoms with Crippen LogP contribution < -0.4 is 0 Å². The number of alkyl halides is 1. The van der Waals surface area contributed by atoms with Crippen LogP contribution in [0.4, 0.5) is 0 Å². The van der Waals surface area contributed by atoms with Gasteiger partial charge >= 0.3 is 0 Å². The minimum atomic E-state index is -1.10. The molecule has 1 aromatic heterocycles. The van der Waals surface area contributed by atoms with Crippen molar-refractivity contribution >= 4 is 22.5 Å². The molecule has 3 aliphatic carbocycles. The molecular weight excluding hydrogens is 606 g/mol. The van der Waals surface area contributed by atoms with Gasteiger partial charge < -0.3 is 38.9 Å². The summed E-state index contributed by atoms with van der Waals surface area (Å²) in [6.07, 6.45) is 2.31. The van der Waals surface area contributed by atoms with E-state index in [1.165, 1.54) is 16.6 Å². The largest absolute Gasteiger partial charge is 0.391 e. The number of ether oxygens (including phenoxy) is 5. The standard InChI is InChI=1S/C37H50ClNO7/c1-31(2,38)23(40)16-18-9-10-20-21-17-19-11-14-36(41)34(7,35(19,8)26(21)39-22(20)15-18)13-12-24-37(36)28(45-37)25-27(42-24)32(3,4)46-30(43-25)29-33(5,6)44-29/h9-10,15,19,23-25,27-30,39-41H,11-14,16-17H2,1-8H3/t19-,23+,24-,25+,27-,28+,29+,30-,34+,35+,36-,37-/m0/s1. The number of aromatic nitrogens is 1. The molecule has 7 aliphatic rings. The maximum absolute atomic E-state index is 13.3. The zero-order chi connectivity index (χ0) is 32.6. The molecule has 2 aromatic rings. The second-order valence-corrected chi connectivity index (χ2v) is 18.7. The van der Waals surface area contributed by atoms with E-state index in [0.29, 0.717) is 18.8 Å². The van der Waals surface area contributed by atoms with E-state index < -0.39 is 39.5 Å². The second kappa shape index (κ2) is 8.91. The predicted octanol–water partition coefficient (Wildman–Crippen LogP) is 5.45. The van der Waals surface area contributed by atoms with Gasteiger partial charge in [-0.3, -0.25) is 0 Å². The van der Waals surface area contributed by atoms with E-state index >= 15 is 0 Å². The zero-order valence-corrected chi connectivity index (χ0v) is 29.2. The number of aromatic amines is 1. The Kier molecular flexibility index (Phi) is 5.97. The van der Waals surface area contributed by atoms with E-state index in [4.69, 9.17) is 35.3 Å². The Morgan fingerprint density at radius 3 is 2.37 bits per heavy atom. The molecule has 0 radical (unpaired) electrons. The maximum Gasteiger partial charge on any atom is 0.187 e. The van der Waals surface area contributed by atoms with Gasteiger partial charge in [-0.1, -0.05) is 26.0 Å². The van der Waals surface area contributed by atoms with Crippen LogP contribution in [0.15, 0.2) is 18.2 Å². The number of benzene rings is 1. The number of rotatable bonds is 4. The molecule has 4 aliphatic heterocycles. The third-order valence-electron chi connectivity index (χ3n) is 14.2. The van der Waals surface area contributed by atoms with Gasteiger partial charge in [0.1, 0.15) is 30.0 Å². The van der Waals surface area contributed by atoms with Crippen molar-refractivity contribution in [1.29, 1.82) is 0 Å². The lowest BCUT2D eigenvalue weighted by atomic mass is 9.40. The average Bonchev–Trinajstić information content (AvgIpc) is 3.80. The quantitative estimate of drug-likeness (QED) is 0.297. The van der Waals surface area contributed by atoms with Crippen LogP contribution in [-0.4, -0.2) is 85.4 Å². The van der Waals surface area contributed by atoms with Gasteiger partial charge in [0.25, 0.3) is 0 Å². The molecule has 252 valence electrons. The number of nitrogens with one attached hydrogen (secondary N) is 1. The van der Waals surface area contributed by atoms with Gasteiger partial charge in [-0.25, -0.2) is 0 Å². The fraction of sp³-hybridized carbons (Fsp3) is 0.784. The van der Waals surface area contributed by atoms with Crippen molar-refractivity contribution in [3.63, 3.8) is 0 Å². The first kappa shape index (κ1) is 30.8. The molecule has 8 nitrogen and oxygen atoms in total. The first-order chi connectivity index (χ1) is 21.4. The van der Waals surface area contributed by atoms with Crippen molar-refractivity contribution in [1.82, 2.24) is 4.98 Å². The SMILES string of the molecule is CC(C)(Cl)[C@H](O)Cc1ccc2c3c([nH]c2c1)[C@@]1(C)[C@@H](CC[C@@]2(O)[C@@]45O[C@@H]4[C@@H]4O[C@H]([C@H]6OC6(C)C)OC(C)(C)[C@H]4O[C@H]5CC[C@@]21C)C3. The number of hydrogen-bond donors (Lipinski definition) is 3. The van der Waals surface area contributed by atoms with Crippen molar-refractivity contribution < 1.29 is 33.9 Å². The molecule has 4 saturated heterocycles. The summed E-state index contributed by atoms with van der Waals surface area (Å²) in [7, 11) is 0. The van der Waals surface area contributed by atoms with Crippen LogP contribution >= 0.6 is 11.6 Å². The summed E-state index contributed by atoms with van der Waals surface area (Å²) in [4.78, 5) is 3.18. The smallest absolute Gasteiger partial charge is 0.187 e. The molecular formula is C37H50ClNO7.